The lowest BCUT2D eigenvalue weighted by molar-refractivity contribution is -0.220. The highest BCUT2D eigenvalue weighted by Gasteiger charge is 2.52. The highest BCUT2D eigenvalue weighted by atomic mass is 28.4. The van der Waals surface area contributed by atoms with Crippen molar-refractivity contribution in [3.63, 3.8) is 0 Å². The van der Waals surface area contributed by atoms with E-state index >= 15 is 0 Å². The summed E-state index contributed by atoms with van der Waals surface area (Å²) in [4.78, 5) is 13.7. The van der Waals surface area contributed by atoms with Crippen molar-refractivity contribution in [2.45, 2.75) is 206 Å². The minimum Gasteiger partial charge on any atom is -0.458 e. The van der Waals surface area contributed by atoms with Gasteiger partial charge in [-0.25, -0.2) is 4.79 Å². The molecular formula is C44H76O5Si2. The monoisotopic (exact) mass is 741 g/mol. The van der Waals surface area contributed by atoms with Crippen LogP contribution in [0.4, 0.5) is 0 Å². The Morgan fingerprint density at radius 2 is 1.51 bits per heavy atom. The van der Waals surface area contributed by atoms with Gasteiger partial charge in [0, 0.05) is 12.8 Å². The third-order valence-corrected chi connectivity index (χ3v) is 23.0. The van der Waals surface area contributed by atoms with Crippen LogP contribution in [0.5, 0.6) is 0 Å². The van der Waals surface area contributed by atoms with Crippen molar-refractivity contribution in [2.75, 3.05) is 6.61 Å². The predicted octanol–water partition coefficient (Wildman–Crippen LogP) is 12.9. The molecule has 0 N–H and O–H groups in total. The molecule has 4 aliphatic carbocycles. The number of hydrogen-bond acceptors (Lipinski definition) is 5. The van der Waals surface area contributed by atoms with E-state index < -0.39 is 28.0 Å². The molecule has 0 aromatic rings. The van der Waals surface area contributed by atoms with Gasteiger partial charge in [-0.1, -0.05) is 111 Å². The van der Waals surface area contributed by atoms with Gasteiger partial charge in [0.2, 0.25) is 0 Å². The Morgan fingerprint density at radius 1 is 0.902 bits per heavy atom. The Bertz CT molecular complexity index is 1350. The Labute approximate surface area is 315 Å². The van der Waals surface area contributed by atoms with Gasteiger partial charge in [0.1, 0.15) is 12.2 Å². The lowest BCUT2D eigenvalue weighted by Gasteiger charge is -2.51. The van der Waals surface area contributed by atoms with Gasteiger partial charge in [-0.2, -0.15) is 0 Å². The molecule has 5 nitrogen and oxygen atoms in total. The van der Waals surface area contributed by atoms with E-state index in [9.17, 15) is 4.79 Å². The molecule has 0 saturated heterocycles. The summed E-state index contributed by atoms with van der Waals surface area (Å²) in [7, 11) is -4.59. The van der Waals surface area contributed by atoms with E-state index in [0.29, 0.717) is 18.8 Å². The quantitative estimate of drug-likeness (QED) is 0.0966. The maximum atomic E-state index is 13.7. The van der Waals surface area contributed by atoms with Gasteiger partial charge in [-0.3, -0.25) is 0 Å². The second-order valence-corrected chi connectivity index (χ2v) is 29.6. The summed E-state index contributed by atoms with van der Waals surface area (Å²) in [5, 5.41) is -0.0262. The normalized spacial score (nSPS) is 31.2. The molecule has 0 radical (unpaired) electrons. The van der Waals surface area contributed by atoms with Crippen molar-refractivity contribution in [3.8, 4) is 0 Å². The molecule has 7 heteroatoms. The van der Waals surface area contributed by atoms with E-state index in [-0.39, 0.29) is 34.2 Å². The zero-order valence-corrected chi connectivity index (χ0v) is 37.2. The Kier molecular flexibility index (Phi) is 13.2. The predicted molar refractivity (Wildman–Crippen MR) is 219 cm³/mol. The summed E-state index contributed by atoms with van der Waals surface area (Å²) >= 11 is 0. The second-order valence-electron chi connectivity index (χ2n) is 20.1. The van der Waals surface area contributed by atoms with Crippen LogP contribution in [0, 0.1) is 11.3 Å². The molecule has 0 bridgehead atoms. The number of hydrogen-bond donors (Lipinski definition) is 0. The fourth-order valence-corrected chi connectivity index (χ4v) is 11.4. The minimum absolute atomic E-state index is 0.0240. The first-order chi connectivity index (χ1) is 23.5. The number of carbonyl (C=O) groups excluding carboxylic acids is 1. The van der Waals surface area contributed by atoms with Crippen LogP contribution >= 0.6 is 0 Å². The number of ether oxygens (including phenoxy) is 2. The average molecular weight is 741 g/mol. The molecule has 3 fully saturated rings. The van der Waals surface area contributed by atoms with Crippen molar-refractivity contribution in [3.05, 3.63) is 47.1 Å². The molecule has 0 spiro atoms. The summed E-state index contributed by atoms with van der Waals surface area (Å²) < 4.78 is 27.8. The minimum atomic E-state index is -2.38. The third kappa shape index (κ3) is 9.90. The number of rotatable bonds is 10. The fraction of sp³-hybridized carbons (Fsp3) is 0.795. The molecule has 4 rings (SSSR count). The average Bonchev–Trinajstić information content (AvgIpc) is 3.34. The zero-order chi connectivity index (χ0) is 38.1. The first-order valence-corrected chi connectivity index (χ1v) is 26.3. The van der Waals surface area contributed by atoms with Crippen molar-refractivity contribution in [1.82, 2.24) is 0 Å². The van der Waals surface area contributed by atoms with Gasteiger partial charge >= 0.3 is 5.97 Å². The number of fused-ring (bicyclic) bond motifs is 1. The first kappa shape index (κ1) is 42.5. The van der Waals surface area contributed by atoms with Gasteiger partial charge in [0.15, 0.2) is 22.4 Å². The van der Waals surface area contributed by atoms with Gasteiger partial charge in [-0.05, 0) is 123 Å². The highest BCUT2D eigenvalue weighted by Crippen LogP contribution is 2.56. The summed E-state index contributed by atoms with van der Waals surface area (Å²) in [6.45, 7) is 34.3. The van der Waals surface area contributed by atoms with E-state index in [1.807, 2.05) is 0 Å². The molecule has 51 heavy (non-hydrogen) atoms. The van der Waals surface area contributed by atoms with E-state index in [1.165, 1.54) is 32.1 Å². The molecule has 0 aromatic carbocycles. The van der Waals surface area contributed by atoms with Crippen molar-refractivity contribution in [1.29, 1.82) is 0 Å². The first-order valence-electron chi connectivity index (χ1n) is 20.5. The third-order valence-electron chi connectivity index (χ3n) is 14.1. The number of carbonyl (C=O) groups is 1. The molecule has 0 heterocycles. The zero-order valence-electron chi connectivity index (χ0n) is 35.2. The molecule has 290 valence electrons. The van der Waals surface area contributed by atoms with Crippen LogP contribution in [-0.2, 0) is 23.1 Å². The van der Waals surface area contributed by atoms with Crippen LogP contribution in [-0.4, -0.2) is 46.7 Å². The molecule has 0 aromatic heterocycles. The van der Waals surface area contributed by atoms with E-state index in [1.54, 1.807) is 11.1 Å². The Balaban J connectivity index is 1.73. The van der Waals surface area contributed by atoms with Crippen LogP contribution in [0.1, 0.15) is 152 Å². The Morgan fingerprint density at radius 3 is 2.10 bits per heavy atom. The van der Waals surface area contributed by atoms with Crippen molar-refractivity contribution < 1.29 is 23.1 Å². The summed E-state index contributed by atoms with van der Waals surface area (Å²) in [5.74, 6) is -0.770. The van der Waals surface area contributed by atoms with Crippen molar-refractivity contribution in [2.24, 2.45) is 11.3 Å². The van der Waals surface area contributed by atoms with E-state index in [4.69, 9.17) is 24.9 Å². The van der Waals surface area contributed by atoms with Crippen LogP contribution in [0.25, 0.3) is 0 Å². The summed E-state index contributed by atoms with van der Waals surface area (Å²) in [5.41, 5.74) is 5.14. The van der Waals surface area contributed by atoms with Gasteiger partial charge in [0.05, 0.1) is 6.10 Å². The highest BCUT2D eigenvalue weighted by molar-refractivity contribution is 6.74. The maximum absolute atomic E-state index is 13.7. The number of esters is 1. The lowest BCUT2D eigenvalue weighted by atomic mass is 9.64. The Hall–Kier alpha value is -1.26. The molecule has 0 aliphatic heterocycles. The summed E-state index contributed by atoms with van der Waals surface area (Å²) in [6, 6.07) is 0. The van der Waals surface area contributed by atoms with Crippen molar-refractivity contribution >= 4 is 22.6 Å². The molecule has 0 unspecified atom stereocenters. The van der Waals surface area contributed by atoms with Gasteiger partial charge in [0.25, 0.3) is 0 Å². The van der Waals surface area contributed by atoms with Crippen LogP contribution in [0.2, 0.25) is 36.3 Å². The van der Waals surface area contributed by atoms with E-state index in [0.717, 1.165) is 56.1 Å². The molecule has 3 saturated carbocycles. The molecular weight excluding hydrogens is 665 g/mol. The molecule has 0 amide bonds. The largest absolute Gasteiger partial charge is 0.458 e. The van der Waals surface area contributed by atoms with Crippen LogP contribution in [0.15, 0.2) is 47.1 Å². The standard InChI is InChI=1S/C44H76O5Si2/c1-15-36-25-26-37-34(22-21-29-43(36,37)10)23-24-35-30-44(49-51(13,14)41(6,7)8,31-38(33(35)2)48-50(11,12)40(3,4)5)46-32-39(45)47-42(9)27-19-17-16-18-20-28-42/h23-25,37-38H,2,15-22,26-32H2,1,3-14H3/t37-,38-,43+,44+/m0/s1. The lowest BCUT2D eigenvalue weighted by Crippen LogP contribution is -2.56. The summed E-state index contributed by atoms with van der Waals surface area (Å²) in [6.07, 6.45) is 21.6. The fourth-order valence-electron chi connectivity index (χ4n) is 8.65. The smallest absolute Gasteiger partial charge is 0.332 e. The molecule has 4 aliphatic rings. The van der Waals surface area contributed by atoms with Crippen LogP contribution in [0.3, 0.4) is 0 Å². The SMILES string of the molecule is C=C1C(=CC=C2CCC[C@]3(C)C(CC)=CC[C@@H]23)C[C@@](OCC(=O)OC2(C)CCCCCCC2)(O[Si](C)(C)C(C)(C)C)C[C@@H]1O[Si](C)(C)C(C)(C)C. The topological polar surface area (TPSA) is 54.0 Å². The maximum Gasteiger partial charge on any atom is 0.332 e. The van der Waals surface area contributed by atoms with E-state index in [2.05, 4.69) is 107 Å². The second kappa shape index (κ2) is 15.8. The number of allylic oxidation sites excluding steroid dienone is 5. The van der Waals surface area contributed by atoms with Gasteiger partial charge < -0.3 is 18.3 Å². The van der Waals surface area contributed by atoms with Crippen LogP contribution < -0.4 is 0 Å². The van der Waals surface area contributed by atoms with Gasteiger partial charge in [-0.15, -0.1) is 0 Å². The molecule has 4 atom stereocenters.